The van der Waals surface area contributed by atoms with Gasteiger partial charge in [0.15, 0.2) is 0 Å². The van der Waals surface area contributed by atoms with Crippen LogP contribution in [0.1, 0.15) is 5.56 Å². The number of nitrogens with one attached hydrogen (secondary N) is 1. The first-order chi connectivity index (χ1) is 6.77. The van der Waals surface area contributed by atoms with E-state index in [0.717, 1.165) is 5.56 Å². The van der Waals surface area contributed by atoms with E-state index in [9.17, 15) is 0 Å². The zero-order chi connectivity index (χ0) is 10.4. The molecule has 14 heavy (non-hydrogen) atoms. The topological polar surface area (TPSA) is 93.3 Å². The van der Waals surface area contributed by atoms with E-state index in [0.29, 0.717) is 12.4 Å². The third-order valence-corrected chi connectivity index (χ3v) is 1.81. The molecule has 0 amide bonds. The molecule has 0 radical (unpaired) electrons. The lowest BCUT2D eigenvalue weighted by Gasteiger charge is -2.20. The van der Waals surface area contributed by atoms with Crippen LogP contribution in [0.15, 0.2) is 42.4 Å². The van der Waals surface area contributed by atoms with Crippen molar-refractivity contribution in [2.75, 3.05) is 0 Å². The van der Waals surface area contributed by atoms with Gasteiger partial charge in [0.1, 0.15) is 5.82 Å². The molecule has 5 heteroatoms. The van der Waals surface area contributed by atoms with Crippen molar-refractivity contribution < 1.29 is 0 Å². The Bertz CT molecular complexity index is 295. The van der Waals surface area contributed by atoms with Crippen LogP contribution in [0, 0.1) is 0 Å². The van der Waals surface area contributed by atoms with Gasteiger partial charge in [0, 0.05) is 6.20 Å². The number of nitrogens with two attached hydrogens (primary N) is 3. The Morgan fingerprint density at radius 3 is 2.50 bits per heavy atom. The van der Waals surface area contributed by atoms with Gasteiger partial charge in [-0.15, -0.1) is 0 Å². The van der Waals surface area contributed by atoms with Crippen LogP contribution in [-0.2, 0) is 6.54 Å². The Hall–Kier alpha value is -1.72. The van der Waals surface area contributed by atoms with Gasteiger partial charge in [0.2, 0.25) is 0 Å². The van der Waals surface area contributed by atoms with Crippen molar-refractivity contribution in [3.8, 4) is 0 Å². The van der Waals surface area contributed by atoms with Crippen LogP contribution in [0.2, 0.25) is 0 Å². The van der Waals surface area contributed by atoms with Crippen molar-refractivity contribution in [1.29, 1.82) is 0 Å². The molecule has 0 aliphatic heterocycles. The van der Waals surface area contributed by atoms with E-state index < -0.39 is 0 Å². The van der Waals surface area contributed by atoms with Crippen molar-refractivity contribution >= 4 is 0 Å². The largest absolute Gasteiger partial charge is 0.402 e. The highest BCUT2D eigenvalue weighted by molar-refractivity contribution is 5.15. The van der Waals surface area contributed by atoms with Crippen molar-refractivity contribution in [3.05, 3.63) is 47.9 Å². The summed E-state index contributed by atoms with van der Waals surface area (Å²) in [7, 11) is 0. The summed E-state index contributed by atoms with van der Waals surface area (Å²) >= 11 is 0. The van der Waals surface area contributed by atoms with Gasteiger partial charge in [-0.3, -0.25) is 5.01 Å². The van der Waals surface area contributed by atoms with Crippen molar-refractivity contribution in [3.63, 3.8) is 0 Å². The average Bonchev–Trinajstić information content (AvgIpc) is 2.21. The molecule has 0 bridgehead atoms. The molecular formula is C9H15N5. The lowest BCUT2D eigenvalue weighted by Crippen LogP contribution is -2.40. The second-order valence-corrected chi connectivity index (χ2v) is 2.81. The summed E-state index contributed by atoms with van der Waals surface area (Å²) in [6, 6.07) is 9.80. The van der Waals surface area contributed by atoms with Crippen LogP contribution in [0.25, 0.3) is 0 Å². The van der Waals surface area contributed by atoms with E-state index in [4.69, 9.17) is 17.4 Å². The monoisotopic (exact) mass is 193 g/mol. The van der Waals surface area contributed by atoms with Crippen LogP contribution >= 0.6 is 0 Å². The predicted molar refractivity (Wildman–Crippen MR) is 55.8 cm³/mol. The van der Waals surface area contributed by atoms with E-state index in [1.54, 1.807) is 0 Å². The van der Waals surface area contributed by atoms with E-state index in [1.165, 1.54) is 11.2 Å². The quantitative estimate of drug-likeness (QED) is 0.385. The number of rotatable bonds is 4. The van der Waals surface area contributed by atoms with Crippen LogP contribution in [0.4, 0.5) is 0 Å². The molecule has 1 aromatic rings. The number of hydrogen-bond acceptors (Lipinski definition) is 5. The van der Waals surface area contributed by atoms with Crippen molar-refractivity contribution in [2.24, 2.45) is 17.4 Å². The van der Waals surface area contributed by atoms with Gasteiger partial charge < -0.3 is 11.2 Å². The molecule has 0 saturated carbocycles. The average molecular weight is 193 g/mol. The summed E-state index contributed by atoms with van der Waals surface area (Å²) in [5, 5.41) is 1.44. The fourth-order valence-electron chi connectivity index (χ4n) is 1.09. The first kappa shape index (κ1) is 10.4. The van der Waals surface area contributed by atoms with Gasteiger partial charge >= 0.3 is 0 Å². The maximum atomic E-state index is 5.71. The van der Waals surface area contributed by atoms with E-state index in [1.807, 2.05) is 30.3 Å². The summed E-state index contributed by atoms with van der Waals surface area (Å²) in [5.74, 6) is 11.4. The van der Waals surface area contributed by atoms with E-state index in [-0.39, 0.29) is 0 Å². The minimum Gasteiger partial charge on any atom is -0.402 e. The van der Waals surface area contributed by atoms with Crippen LogP contribution in [0.5, 0.6) is 0 Å². The molecule has 0 atom stereocenters. The lowest BCUT2D eigenvalue weighted by atomic mass is 10.2. The fourth-order valence-corrected chi connectivity index (χ4v) is 1.09. The molecule has 0 aliphatic rings. The van der Waals surface area contributed by atoms with Gasteiger partial charge in [-0.1, -0.05) is 30.3 Å². The van der Waals surface area contributed by atoms with Gasteiger partial charge in [-0.2, -0.15) is 0 Å². The van der Waals surface area contributed by atoms with Gasteiger partial charge in [-0.05, 0) is 5.56 Å². The summed E-state index contributed by atoms with van der Waals surface area (Å²) in [6.07, 6.45) is 1.32. The summed E-state index contributed by atoms with van der Waals surface area (Å²) in [5.41, 5.74) is 8.81. The Labute approximate surface area is 83.1 Å². The SMILES string of the molecule is N/C=C(\NN)N(N)Cc1ccccc1. The van der Waals surface area contributed by atoms with Crippen LogP contribution in [0.3, 0.4) is 0 Å². The maximum absolute atomic E-state index is 5.71. The Morgan fingerprint density at radius 1 is 1.36 bits per heavy atom. The molecule has 0 fully saturated rings. The molecular weight excluding hydrogens is 178 g/mol. The smallest absolute Gasteiger partial charge is 0.146 e. The first-order valence-corrected chi connectivity index (χ1v) is 4.22. The molecule has 1 aromatic carbocycles. The van der Waals surface area contributed by atoms with Gasteiger partial charge in [0.05, 0.1) is 6.54 Å². The number of nitrogens with zero attached hydrogens (tertiary/aromatic N) is 1. The van der Waals surface area contributed by atoms with Crippen molar-refractivity contribution in [2.45, 2.75) is 6.54 Å². The predicted octanol–water partition coefficient (Wildman–Crippen LogP) is -0.417. The Balaban J connectivity index is 2.61. The van der Waals surface area contributed by atoms with Gasteiger partial charge in [0.25, 0.3) is 0 Å². The zero-order valence-corrected chi connectivity index (χ0v) is 7.85. The molecule has 0 saturated heterocycles. The molecule has 76 valence electrons. The minimum absolute atomic E-state index is 0.480. The van der Waals surface area contributed by atoms with Gasteiger partial charge in [-0.25, -0.2) is 11.7 Å². The molecule has 0 unspecified atom stereocenters. The summed E-state index contributed by atoms with van der Waals surface area (Å²) < 4.78 is 0. The first-order valence-electron chi connectivity index (χ1n) is 4.22. The third kappa shape index (κ3) is 2.65. The molecule has 0 aromatic heterocycles. The Morgan fingerprint density at radius 2 is 2.00 bits per heavy atom. The second-order valence-electron chi connectivity index (χ2n) is 2.81. The molecule has 0 aliphatic carbocycles. The number of hydrogen-bond donors (Lipinski definition) is 4. The third-order valence-electron chi connectivity index (χ3n) is 1.81. The van der Waals surface area contributed by atoms with E-state index >= 15 is 0 Å². The minimum atomic E-state index is 0.480. The molecule has 7 N–H and O–H groups in total. The highest BCUT2D eigenvalue weighted by Gasteiger charge is 2.02. The fraction of sp³-hybridized carbons (Fsp3) is 0.111. The molecule has 0 spiro atoms. The normalized spacial score (nSPS) is 11.1. The molecule has 1 rings (SSSR count). The maximum Gasteiger partial charge on any atom is 0.146 e. The summed E-state index contributed by atoms with van der Waals surface area (Å²) in [6.45, 7) is 0.550. The van der Waals surface area contributed by atoms with Crippen molar-refractivity contribution in [1.82, 2.24) is 10.4 Å². The molecule has 0 heterocycles. The van der Waals surface area contributed by atoms with Crippen LogP contribution in [-0.4, -0.2) is 5.01 Å². The second kappa shape index (κ2) is 5.11. The number of benzene rings is 1. The Kier molecular flexibility index (Phi) is 3.78. The lowest BCUT2D eigenvalue weighted by molar-refractivity contribution is 0.324. The highest BCUT2D eigenvalue weighted by atomic mass is 15.5. The zero-order valence-electron chi connectivity index (χ0n) is 7.85. The molecule has 5 nitrogen and oxygen atoms in total. The highest BCUT2D eigenvalue weighted by Crippen LogP contribution is 2.03. The van der Waals surface area contributed by atoms with Crippen LogP contribution < -0.4 is 22.8 Å². The summed E-state index contributed by atoms with van der Waals surface area (Å²) in [4.78, 5) is 0. The van der Waals surface area contributed by atoms with E-state index in [2.05, 4.69) is 5.43 Å². The standard InChI is InChI=1S/C9H15N5/c10-6-9(13-11)14(12)7-8-4-2-1-3-5-8/h1-6,13H,7,10-12H2/b9-6+. The number of hydrazine groups is 2.